The summed E-state index contributed by atoms with van der Waals surface area (Å²) in [6.07, 6.45) is 2.41. The fourth-order valence-corrected chi connectivity index (χ4v) is 9.06. The summed E-state index contributed by atoms with van der Waals surface area (Å²) in [5.41, 5.74) is 2.74. The number of methoxy groups -OCH3 is 2. The van der Waals surface area contributed by atoms with Gasteiger partial charge < -0.3 is 45.4 Å². The molecule has 0 radical (unpaired) electrons. The largest absolute Gasteiger partial charge is 0.453 e. The Kier molecular flexibility index (Phi) is 14.5. The number of benzene rings is 3. The van der Waals surface area contributed by atoms with E-state index >= 15 is 0 Å². The zero-order valence-electron chi connectivity index (χ0n) is 38.0. The molecule has 344 valence electrons. The van der Waals surface area contributed by atoms with Crippen LogP contribution in [0.5, 0.6) is 0 Å². The van der Waals surface area contributed by atoms with E-state index in [0.29, 0.717) is 50.1 Å². The highest BCUT2D eigenvalue weighted by molar-refractivity contribution is 6.00. The summed E-state index contributed by atoms with van der Waals surface area (Å²) in [7, 11) is 2.48. The highest BCUT2D eigenvalue weighted by Crippen LogP contribution is 2.47. The Bertz CT molecular complexity index is 2040. The number of amides is 6. The molecule has 15 nitrogen and oxygen atoms in total. The van der Waals surface area contributed by atoms with Crippen molar-refractivity contribution < 1.29 is 42.6 Å². The van der Waals surface area contributed by atoms with Crippen LogP contribution in [0.25, 0.3) is 0 Å². The minimum Gasteiger partial charge on any atom is -0.453 e. The first-order valence-corrected chi connectivity index (χ1v) is 22.0. The molecule has 3 aliphatic heterocycles. The standard InChI is InChI=1S/C48H62FN7O8/c1-47(2,3)39(52-45(61)63-7)43(59)54-27-9-11-37(54)41(57)50-32-19-13-29(14-20-32)35-25-26-36(56(35)34-23-17-31(49)18-24-34)30-15-21-33(22-16-30)51-42(58)38-12-10-28-55(38)44(60)40(48(4,5)6)53-46(62)64-8/h13-24,35-40H,9-12,25-28H2,1-8H3,(H,50,57)(H,51,58)(H,52,61)(H,53,62)/t35-,36-,37-,38-,39+,40+/m0/s1. The third-order valence-electron chi connectivity index (χ3n) is 12.4. The van der Waals surface area contributed by atoms with E-state index in [0.717, 1.165) is 29.7 Å². The molecule has 0 unspecified atom stereocenters. The third kappa shape index (κ3) is 10.8. The Balaban J connectivity index is 1.14. The van der Waals surface area contributed by atoms with Crippen LogP contribution in [-0.2, 0) is 28.7 Å². The van der Waals surface area contributed by atoms with Gasteiger partial charge in [-0.1, -0.05) is 65.8 Å². The number of nitrogens with zero attached hydrogens (tertiary/aromatic N) is 3. The van der Waals surface area contributed by atoms with Crippen LogP contribution in [-0.4, -0.2) is 97.1 Å². The number of anilines is 3. The molecule has 0 bridgehead atoms. The number of likely N-dealkylation sites (tertiary alicyclic amines) is 2. The van der Waals surface area contributed by atoms with Crippen LogP contribution >= 0.6 is 0 Å². The first-order valence-electron chi connectivity index (χ1n) is 22.0. The maximum Gasteiger partial charge on any atom is 0.407 e. The van der Waals surface area contributed by atoms with E-state index in [1.165, 1.54) is 36.2 Å². The molecular formula is C48H62FN7O8. The third-order valence-corrected chi connectivity index (χ3v) is 12.4. The minimum absolute atomic E-state index is 0.0873. The van der Waals surface area contributed by atoms with Crippen molar-refractivity contribution in [1.82, 2.24) is 20.4 Å². The molecule has 3 heterocycles. The lowest BCUT2D eigenvalue weighted by Gasteiger charge is -2.35. The van der Waals surface area contributed by atoms with Crippen LogP contribution in [0.1, 0.15) is 103 Å². The van der Waals surface area contributed by atoms with Gasteiger partial charge in [-0.2, -0.15) is 0 Å². The van der Waals surface area contributed by atoms with Crippen molar-refractivity contribution in [2.45, 2.75) is 116 Å². The normalized spacial score (nSPS) is 20.9. The summed E-state index contributed by atoms with van der Waals surface area (Å²) in [5, 5.41) is 11.3. The Hall–Kier alpha value is -6.19. The van der Waals surface area contributed by atoms with Crippen molar-refractivity contribution in [3.8, 4) is 0 Å². The Labute approximate surface area is 374 Å². The Morgan fingerprint density at radius 2 is 0.953 bits per heavy atom. The molecule has 6 atom stereocenters. The number of carbonyl (C=O) groups is 6. The van der Waals surface area contributed by atoms with Gasteiger partial charge in [0.25, 0.3) is 0 Å². The molecule has 0 aliphatic carbocycles. The summed E-state index contributed by atoms with van der Waals surface area (Å²) in [6.45, 7) is 11.8. The molecule has 3 saturated heterocycles. The Morgan fingerprint density at radius 1 is 0.578 bits per heavy atom. The quantitative estimate of drug-likeness (QED) is 0.154. The number of carbonyl (C=O) groups excluding carboxylic acids is 6. The number of nitrogens with one attached hydrogen (secondary N) is 4. The molecule has 3 aromatic rings. The Morgan fingerprint density at radius 3 is 1.30 bits per heavy atom. The first kappa shape index (κ1) is 47.3. The average Bonchev–Trinajstić information content (AvgIpc) is 4.05. The van der Waals surface area contributed by atoms with Gasteiger partial charge in [-0.15, -0.1) is 0 Å². The number of halogens is 1. The fraction of sp³-hybridized carbons (Fsp3) is 0.500. The summed E-state index contributed by atoms with van der Waals surface area (Å²) in [5.74, 6) is -1.65. The van der Waals surface area contributed by atoms with Crippen LogP contribution in [0, 0.1) is 16.6 Å². The maximum atomic E-state index is 14.2. The monoisotopic (exact) mass is 883 g/mol. The molecule has 0 spiro atoms. The molecule has 3 aliphatic rings. The van der Waals surface area contributed by atoms with E-state index in [1.807, 2.05) is 90.1 Å². The van der Waals surface area contributed by atoms with Crippen molar-refractivity contribution >= 4 is 52.9 Å². The molecule has 3 fully saturated rings. The predicted octanol–water partition coefficient (Wildman–Crippen LogP) is 7.31. The van der Waals surface area contributed by atoms with Crippen molar-refractivity contribution in [2.75, 3.05) is 42.8 Å². The van der Waals surface area contributed by atoms with Gasteiger partial charge in [-0.3, -0.25) is 19.2 Å². The molecule has 0 saturated carbocycles. The molecule has 4 N–H and O–H groups in total. The SMILES string of the molecule is COC(=O)N[C@H](C(=O)N1CCC[C@H]1C(=O)Nc1ccc([C@@H]2CC[C@@H](c3ccc(NC(=O)[C@@H]4CCCN4C(=O)[C@@H](NC(=O)OC)C(C)(C)C)cc3)N2c2ccc(F)cc2)cc1)C(C)(C)C. The molecular weight excluding hydrogens is 822 g/mol. The summed E-state index contributed by atoms with van der Waals surface area (Å²) < 4.78 is 23.7. The summed E-state index contributed by atoms with van der Waals surface area (Å²) in [6, 6.07) is 18.3. The average molecular weight is 884 g/mol. The summed E-state index contributed by atoms with van der Waals surface area (Å²) in [4.78, 5) is 84.3. The van der Waals surface area contributed by atoms with Crippen molar-refractivity contribution in [3.63, 3.8) is 0 Å². The number of rotatable bonds is 11. The number of ether oxygens (including phenoxy) is 2. The van der Waals surface area contributed by atoms with E-state index in [1.54, 1.807) is 12.1 Å². The van der Waals surface area contributed by atoms with Crippen LogP contribution in [0.2, 0.25) is 0 Å². The number of hydrogen-bond acceptors (Lipinski definition) is 9. The maximum absolute atomic E-state index is 14.2. The van der Waals surface area contributed by atoms with Crippen LogP contribution < -0.4 is 26.2 Å². The van der Waals surface area contributed by atoms with Crippen LogP contribution in [0.3, 0.4) is 0 Å². The second-order valence-corrected chi connectivity index (χ2v) is 19.0. The van der Waals surface area contributed by atoms with Gasteiger partial charge in [-0.25, -0.2) is 14.0 Å². The van der Waals surface area contributed by atoms with Gasteiger partial charge in [0.2, 0.25) is 23.6 Å². The lowest BCUT2D eigenvalue weighted by molar-refractivity contribution is -0.140. The molecule has 6 rings (SSSR count). The highest BCUT2D eigenvalue weighted by atomic mass is 19.1. The van der Waals surface area contributed by atoms with E-state index < -0.39 is 47.2 Å². The van der Waals surface area contributed by atoms with Gasteiger partial charge in [0.1, 0.15) is 30.0 Å². The van der Waals surface area contributed by atoms with Crippen LogP contribution in [0.4, 0.5) is 31.0 Å². The molecule has 16 heteroatoms. The van der Waals surface area contributed by atoms with Gasteiger partial charge in [0.05, 0.1) is 26.3 Å². The van der Waals surface area contributed by atoms with E-state index in [4.69, 9.17) is 9.47 Å². The number of alkyl carbamates (subject to hydrolysis) is 2. The zero-order chi connectivity index (χ0) is 46.5. The van der Waals surface area contributed by atoms with E-state index in [9.17, 15) is 33.2 Å². The van der Waals surface area contributed by atoms with Gasteiger partial charge in [0.15, 0.2) is 0 Å². The number of hydrogen-bond donors (Lipinski definition) is 4. The van der Waals surface area contributed by atoms with Gasteiger partial charge in [0, 0.05) is 30.2 Å². The van der Waals surface area contributed by atoms with Gasteiger partial charge in [-0.05, 0) is 109 Å². The smallest absolute Gasteiger partial charge is 0.407 e. The zero-order valence-corrected chi connectivity index (χ0v) is 38.0. The highest BCUT2D eigenvalue weighted by Gasteiger charge is 2.44. The fourth-order valence-electron chi connectivity index (χ4n) is 9.06. The second kappa shape index (κ2) is 19.7. The lowest BCUT2D eigenvalue weighted by atomic mass is 9.85. The predicted molar refractivity (Wildman–Crippen MR) is 241 cm³/mol. The van der Waals surface area contributed by atoms with Crippen molar-refractivity contribution in [1.29, 1.82) is 0 Å². The molecule has 6 amide bonds. The molecule has 3 aromatic carbocycles. The minimum atomic E-state index is -0.885. The van der Waals surface area contributed by atoms with E-state index in [-0.39, 0.29) is 41.5 Å². The van der Waals surface area contributed by atoms with Gasteiger partial charge >= 0.3 is 12.2 Å². The molecule has 0 aromatic heterocycles. The lowest BCUT2D eigenvalue weighted by Crippen LogP contribution is -2.57. The topological polar surface area (TPSA) is 179 Å². The van der Waals surface area contributed by atoms with Crippen LogP contribution in [0.15, 0.2) is 72.8 Å². The van der Waals surface area contributed by atoms with Crippen molar-refractivity contribution in [2.24, 2.45) is 10.8 Å². The van der Waals surface area contributed by atoms with E-state index in [2.05, 4.69) is 26.2 Å². The summed E-state index contributed by atoms with van der Waals surface area (Å²) >= 11 is 0. The van der Waals surface area contributed by atoms with Crippen molar-refractivity contribution in [3.05, 3.63) is 89.7 Å². The molecule has 64 heavy (non-hydrogen) atoms. The first-order chi connectivity index (χ1) is 30.3. The second-order valence-electron chi connectivity index (χ2n) is 19.0.